The van der Waals surface area contributed by atoms with E-state index in [9.17, 15) is 22.8 Å². The predicted molar refractivity (Wildman–Crippen MR) is 109 cm³/mol. The second kappa shape index (κ2) is 8.26. The number of nitrogens with one attached hydrogen (secondary N) is 1. The lowest BCUT2D eigenvalue weighted by atomic mass is 10.1. The Morgan fingerprint density at radius 1 is 1.00 bits per heavy atom. The number of aromatic nitrogens is 4. The maximum atomic E-state index is 13.1. The third-order valence-corrected chi connectivity index (χ3v) is 5.26. The number of halogens is 3. The van der Waals surface area contributed by atoms with E-state index in [1.807, 2.05) is 6.07 Å². The van der Waals surface area contributed by atoms with Gasteiger partial charge in [-0.15, -0.1) is 10.2 Å². The molecule has 0 aliphatic heterocycles. The first-order valence-electron chi connectivity index (χ1n) is 8.95. The minimum atomic E-state index is -4.58. The highest BCUT2D eigenvalue weighted by atomic mass is 32.2. The molecule has 4 rings (SSSR count). The molecule has 158 valence electrons. The number of anilines is 1. The van der Waals surface area contributed by atoms with E-state index in [0.29, 0.717) is 5.69 Å². The van der Waals surface area contributed by atoms with Gasteiger partial charge in [0.05, 0.1) is 17.0 Å². The molecule has 0 saturated heterocycles. The number of carbonyl (C=O) groups excluding carboxylic acids is 1. The molecule has 2 heterocycles. The van der Waals surface area contributed by atoms with E-state index in [2.05, 4.69) is 15.5 Å². The summed E-state index contributed by atoms with van der Waals surface area (Å²) in [6.07, 6.45) is -1.44. The summed E-state index contributed by atoms with van der Waals surface area (Å²) in [6.45, 7) is 0. The van der Waals surface area contributed by atoms with E-state index in [0.717, 1.165) is 17.8 Å². The third-order valence-electron chi connectivity index (χ3n) is 4.31. The Labute approximate surface area is 177 Å². The molecule has 0 saturated carbocycles. The van der Waals surface area contributed by atoms with Crippen LogP contribution in [0, 0.1) is 0 Å². The van der Waals surface area contributed by atoms with Crippen molar-refractivity contribution >= 4 is 29.0 Å². The van der Waals surface area contributed by atoms with Gasteiger partial charge in [0, 0.05) is 18.1 Å². The number of carbonyl (C=O) groups is 1. The van der Waals surface area contributed by atoms with Crippen LogP contribution in [0.4, 0.5) is 18.9 Å². The number of hydrogen-bond donors (Lipinski definition) is 1. The molecule has 0 atom stereocenters. The summed E-state index contributed by atoms with van der Waals surface area (Å²) in [4.78, 5) is 24.9. The quantitative estimate of drug-likeness (QED) is 0.475. The van der Waals surface area contributed by atoms with E-state index in [4.69, 9.17) is 0 Å². The van der Waals surface area contributed by atoms with E-state index >= 15 is 0 Å². The second-order valence-electron chi connectivity index (χ2n) is 6.37. The number of benzene rings is 2. The summed E-state index contributed by atoms with van der Waals surface area (Å²) in [5.41, 5.74) is -0.914. The Morgan fingerprint density at radius 2 is 1.71 bits per heavy atom. The van der Waals surface area contributed by atoms with Crippen LogP contribution >= 0.6 is 11.8 Å². The predicted octanol–water partition coefficient (Wildman–Crippen LogP) is 3.63. The van der Waals surface area contributed by atoms with Crippen LogP contribution in [0.15, 0.2) is 76.9 Å². The molecule has 4 aromatic rings. The normalized spacial score (nSPS) is 11.6. The molecule has 0 bridgehead atoms. The molecular weight excluding hydrogens is 431 g/mol. The van der Waals surface area contributed by atoms with Crippen molar-refractivity contribution in [3.05, 3.63) is 82.9 Å². The van der Waals surface area contributed by atoms with Crippen LogP contribution in [0.5, 0.6) is 0 Å². The first kappa shape index (κ1) is 20.7. The lowest BCUT2D eigenvalue weighted by molar-refractivity contribution is -0.137. The smallest absolute Gasteiger partial charge is 0.325 e. The van der Waals surface area contributed by atoms with Gasteiger partial charge in [-0.1, -0.05) is 42.1 Å². The van der Waals surface area contributed by atoms with E-state index in [1.165, 1.54) is 27.2 Å². The van der Waals surface area contributed by atoms with Crippen molar-refractivity contribution in [3.63, 3.8) is 0 Å². The number of amides is 1. The molecule has 0 radical (unpaired) electrons. The Balaban J connectivity index is 1.51. The molecule has 0 aliphatic rings. The van der Waals surface area contributed by atoms with Gasteiger partial charge in [-0.3, -0.25) is 18.6 Å². The molecule has 0 spiro atoms. The van der Waals surface area contributed by atoms with Crippen molar-refractivity contribution in [1.29, 1.82) is 0 Å². The van der Waals surface area contributed by atoms with E-state index in [-0.39, 0.29) is 22.2 Å². The molecule has 2 aromatic heterocycles. The summed E-state index contributed by atoms with van der Waals surface area (Å²) in [6, 6.07) is 13.7. The zero-order valence-corrected chi connectivity index (χ0v) is 16.5. The highest BCUT2D eigenvalue weighted by molar-refractivity contribution is 7.99. The Hall–Kier alpha value is -3.60. The Bertz CT molecular complexity index is 1300. The molecule has 7 nitrogen and oxygen atoms in total. The minimum absolute atomic E-state index is 0.0664. The number of alkyl halides is 3. The summed E-state index contributed by atoms with van der Waals surface area (Å²) in [7, 11) is 0. The zero-order valence-electron chi connectivity index (χ0n) is 15.7. The van der Waals surface area contributed by atoms with Crippen molar-refractivity contribution < 1.29 is 18.0 Å². The van der Waals surface area contributed by atoms with Gasteiger partial charge in [-0.25, -0.2) is 0 Å². The van der Waals surface area contributed by atoms with Crippen LogP contribution < -0.4 is 10.9 Å². The van der Waals surface area contributed by atoms with Gasteiger partial charge >= 0.3 is 11.7 Å². The maximum Gasteiger partial charge on any atom is 0.418 e. The van der Waals surface area contributed by atoms with Crippen LogP contribution in [0.1, 0.15) is 5.56 Å². The van der Waals surface area contributed by atoms with E-state index < -0.39 is 23.2 Å². The summed E-state index contributed by atoms with van der Waals surface area (Å²) >= 11 is 0.956. The van der Waals surface area contributed by atoms with Crippen LogP contribution in [-0.4, -0.2) is 30.8 Å². The fraction of sp³-hybridized carbons (Fsp3) is 0.100. The van der Waals surface area contributed by atoms with Gasteiger partial charge in [0.1, 0.15) is 0 Å². The van der Waals surface area contributed by atoms with Crippen molar-refractivity contribution in [3.8, 4) is 5.69 Å². The highest BCUT2D eigenvalue weighted by Crippen LogP contribution is 2.34. The standard InChI is InChI=1S/C20H14F3N5O2S/c21-20(22,23)14-8-4-5-9-15(14)24-16(29)12-31-19-26-25-17-18(30)27(10-11-28(17)19)13-6-2-1-3-7-13/h1-11H,12H2,(H,24,29). The molecule has 1 amide bonds. The minimum Gasteiger partial charge on any atom is -0.325 e. The number of hydrogen-bond acceptors (Lipinski definition) is 5. The molecule has 2 aromatic carbocycles. The molecular formula is C20H14F3N5O2S. The average Bonchev–Trinajstić information content (AvgIpc) is 3.17. The van der Waals surface area contributed by atoms with Crippen molar-refractivity contribution in [2.24, 2.45) is 0 Å². The van der Waals surface area contributed by atoms with Crippen LogP contribution in [0.25, 0.3) is 11.3 Å². The van der Waals surface area contributed by atoms with Crippen LogP contribution in [0.2, 0.25) is 0 Å². The third kappa shape index (κ3) is 4.31. The lowest BCUT2D eigenvalue weighted by Crippen LogP contribution is -2.20. The first-order chi connectivity index (χ1) is 14.8. The van der Waals surface area contributed by atoms with Gasteiger partial charge in [-0.05, 0) is 24.3 Å². The van der Waals surface area contributed by atoms with Crippen LogP contribution in [-0.2, 0) is 11.0 Å². The van der Waals surface area contributed by atoms with Crippen molar-refractivity contribution in [1.82, 2.24) is 19.2 Å². The fourth-order valence-corrected chi connectivity index (χ4v) is 3.63. The van der Waals surface area contributed by atoms with Crippen molar-refractivity contribution in [2.45, 2.75) is 11.3 Å². The summed E-state index contributed by atoms with van der Waals surface area (Å²) in [5.74, 6) is -0.856. The maximum absolute atomic E-state index is 13.1. The zero-order chi connectivity index (χ0) is 22.0. The van der Waals surface area contributed by atoms with Gasteiger partial charge in [0.2, 0.25) is 11.6 Å². The Kier molecular flexibility index (Phi) is 5.51. The topological polar surface area (TPSA) is 81.3 Å². The fourth-order valence-electron chi connectivity index (χ4n) is 2.91. The lowest BCUT2D eigenvalue weighted by Gasteiger charge is -2.13. The summed E-state index contributed by atoms with van der Waals surface area (Å²) < 4.78 is 42.0. The molecule has 0 unspecified atom stereocenters. The number of nitrogens with zero attached hydrogens (tertiary/aromatic N) is 4. The van der Waals surface area contributed by atoms with Gasteiger partial charge < -0.3 is 5.32 Å². The number of rotatable bonds is 5. The van der Waals surface area contributed by atoms with Crippen molar-refractivity contribution in [2.75, 3.05) is 11.1 Å². The van der Waals surface area contributed by atoms with Gasteiger partial charge in [-0.2, -0.15) is 13.2 Å². The molecule has 0 aliphatic carbocycles. The number of fused-ring (bicyclic) bond motifs is 1. The van der Waals surface area contributed by atoms with Gasteiger partial charge in [0.25, 0.3) is 0 Å². The van der Waals surface area contributed by atoms with Gasteiger partial charge in [0.15, 0.2) is 5.16 Å². The first-order valence-corrected chi connectivity index (χ1v) is 9.94. The van der Waals surface area contributed by atoms with Crippen LogP contribution in [0.3, 0.4) is 0 Å². The molecule has 11 heteroatoms. The summed E-state index contributed by atoms with van der Waals surface area (Å²) in [5, 5.41) is 10.4. The molecule has 31 heavy (non-hydrogen) atoms. The largest absolute Gasteiger partial charge is 0.418 e. The second-order valence-corrected chi connectivity index (χ2v) is 7.31. The monoisotopic (exact) mass is 445 g/mol. The average molecular weight is 445 g/mol. The molecule has 0 fully saturated rings. The SMILES string of the molecule is O=C(CSc1nnc2c(=O)n(-c3ccccc3)ccn12)Nc1ccccc1C(F)(F)F. The molecule has 1 N–H and O–H groups in total. The number of thioether (sulfide) groups is 1. The van der Waals surface area contributed by atoms with E-state index in [1.54, 1.807) is 36.7 Å². The number of para-hydroxylation sites is 2. The Morgan fingerprint density at radius 3 is 2.45 bits per heavy atom. The highest BCUT2D eigenvalue weighted by Gasteiger charge is 2.33.